The Morgan fingerprint density at radius 1 is 1.33 bits per heavy atom. The lowest BCUT2D eigenvalue weighted by molar-refractivity contribution is 0.682. The first-order valence-electron chi connectivity index (χ1n) is 6.60. The van der Waals surface area contributed by atoms with Crippen molar-refractivity contribution < 1.29 is 0 Å². The van der Waals surface area contributed by atoms with Crippen LogP contribution >= 0.6 is 0 Å². The first-order chi connectivity index (χ1) is 8.79. The molecule has 96 valence electrons. The van der Waals surface area contributed by atoms with E-state index < -0.39 is 0 Å². The van der Waals surface area contributed by atoms with E-state index in [2.05, 4.69) is 53.0 Å². The van der Waals surface area contributed by atoms with Crippen LogP contribution in [0.1, 0.15) is 24.5 Å². The molecule has 2 aromatic rings. The molecule has 3 heteroatoms. The molecule has 1 aromatic heterocycles. The van der Waals surface area contributed by atoms with E-state index in [0.29, 0.717) is 0 Å². The maximum absolute atomic E-state index is 4.34. The summed E-state index contributed by atoms with van der Waals surface area (Å²) >= 11 is 0. The van der Waals surface area contributed by atoms with Crippen LogP contribution in [-0.2, 0) is 13.0 Å². The van der Waals surface area contributed by atoms with Crippen LogP contribution in [0.2, 0.25) is 0 Å². The standard InChI is InChI=1S/C15H21N3/c1-3-10-18-11-9-17-15(18)16-8-7-14-6-4-5-13(2)12-14/h4-6,9,11-12H,3,7-8,10H2,1-2H3,(H,16,17). The van der Waals surface area contributed by atoms with Gasteiger partial charge in [0.1, 0.15) is 0 Å². The fourth-order valence-corrected chi connectivity index (χ4v) is 2.08. The third-order valence-corrected chi connectivity index (χ3v) is 2.96. The van der Waals surface area contributed by atoms with E-state index >= 15 is 0 Å². The van der Waals surface area contributed by atoms with Crippen LogP contribution in [0.4, 0.5) is 5.95 Å². The Morgan fingerprint density at radius 2 is 2.22 bits per heavy atom. The third kappa shape index (κ3) is 3.36. The highest BCUT2D eigenvalue weighted by Crippen LogP contribution is 2.07. The summed E-state index contributed by atoms with van der Waals surface area (Å²) in [6.07, 6.45) is 6.03. The normalized spacial score (nSPS) is 10.6. The van der Waals surface area contributed by atoms with Gasteiger partial charge in [-0.05, 0) is 25.3 Å². The maximum atomic E-state index is 4.34. The average molecular weight is 243 g/mol. The summed E-state index contributed by atoms with van der Waals surface area (Å²) in [6.45, 7) is 6.25. The van der Waals surface area contributed by atoms with Crippen molar-refractivity contribution >= 4 is 5.95 Å². The summed E-state index contributed by atoms with van der Waals surface area (Å²) in [7, 11) is 0. The summed E-state index contributed by atoms with van der Waals surface area (Å²) in [5.41, 5.74) is 2.69. The number of anilines is 1. The Labute approximate surface area is 109 Å². The summed E-state index contributed by atoms with van der Waals surface area (Å²) in [4.78, 5) is 4.34. The molecule has 0 bridgehead atoms. The van der Waals surface area contributed by atoms with Crippen LogP contribution in [0, 0.1) is 6.92 Å². The van der Waals surface area contributed by atoms with Crippen molar-refractivity contribution in [3.05, 3.63) is 47.8 Å². The fraction of sp³-hybridized carbons (Fsp3) is 0.400. The van der Waals surface area contributed by atoms with Crippen LogP contribution in [0.5, 0.6) is 0 Å². The highest BCUT2D eigenvalue weighted by atomic mass is 15.2. The summed E-state index contributed by atoms with van der Waals surface area (Å²) < 4.78 is 2.16. The van der Waals surface area contributed by atoms with Crippen LogP contribution in [0.25, 0.3) is 0 Å². The van der Waals surface area contributed by atoms with Gasteiger partial charge in [-0.1, -0.05) is 36.8 Å². The minimum absolute atomic E-state index is 0.921. The van der Waals surface area contributed by atoms with Crippen molar-refractivity contribution in [1.29, 1.82) is 0 Å². The maximum Gasteiger partial charge on any atom is 0.202 e. The smallest absolute Gasteiger partial charge is 0.202 e. The lowest BCUT2D eigenvalue weighted by atomic mass is 10.1. The Hall–Kier alpha value is -1.77. The number of benzene rings is 1. The fourth-order valence-electron chi connectivity index (χ4n) is 2.08. The lowest BCUT2D eigenvalue weighted by Crippen LogP contribution is -2.10. The molecule has 2 rings (SSSR count). The van der Waals surface area contributed by atoms with Gasteiger partial charge in [-0.15, -0.1) is 0 Å². The van der Waals surface area contributed by atoms with Gasteiger partial charge in [0.2, 0.25) is 5.95 Å². The number of nitrogens with zero attached hydrogens (tertiary/aromatic N) is 2. The van der Waals surface area contributed by atoms with E-state index in [1.807, 2.05) is 12.4 Å². The van der Waals surface area contributed by atoms with Gasteiger partial charge in [-0.3, -0.25) is 0 Å². The number of nitrogens with one attached hydrogen (secondary N) is 1. The molecule has 1 heterocycles. The van der Waals surface area contributed by atoms with Gasteiger partial charge in [-0.2, -0.15) is 0 Å². The van der Waals surface area contributed by atoms with E-state index in [0.717, 1.165) is 31.9 Å². The second-order valence-electron chi connectivity index (χ2n) is 4.61. The molecule has 0 spiro atoms. The van der Waals surface area contributed by atoms with Crippen LogP contribution < -0.4 is 5.32 Å². The second-order valence-corrected chi connectivity index (χ2v) is 4.61. The monoisotopic (exact) mass is 243 g/mol. The van der Waals surface area contributed by atoms with Gasteiger partial charge < -0.3 is 9.88 Å². The number of aryl methyl sites for hydroxylation is 2. The average Bonchev–Trinajstić information content (AvgIpc) is 2.78. The highest BCUT2D eigenvalue weighted by molar-refractivity contribution is 5.28. The molecular formula is C15H21N3. The van der Waals surface area contributed by atoms with Crippen molar-refractivity contribution in [3.8, 4) is 0 Å². The van der Waals surface area contributed by atoms with E-state index in [1.165, 1.54) is 11.1 Å². The van der Waals surface area contributed by atoms with E-state index in [4.69, 9.17) is 0 Å². The second kappa shape index (κ2) is 6.24. The largest absolute Gasteiger partial charge is 0.355 e. The van der Waals surface area contributed by atoms with Crippen molar-refractivity contribution in [2.75, 3.05) is 11.9 Å². The van der Waals surface area contributed by atoms with E-state index in [-0.39, 0.29) is 0 Å². The molecule has 0 aliphatic carbocycles. The molecule has 0 amide bonds. The number of aromatic nitrogens is 2. The van der Waals surface area contributed by atoms with Gasteiger partial charge in [0, 0.05) is 25.5 Å². The van der Waals surface area contributed by atoms with Crippen molar-refractivity contribution in [2.45, 2.75) is 33.2 Å². The Balaban J connectivity index is 1.86. The van der Waals surface area contributed by atoms with Crippen molar-refractivity contribution in [3.63, 3.8) is 0 Å². The molecule has 1 aromatic carbocycles. The highest BCUT2D eigenvalue weighted by Gasteiger charge is 2.00. The topological polar surface area (TPSA) is 29.9 Å². The van der Waals surface area contributed by atoms with Gasteiger partial charge in [-0.25, -0.2) is 4.98 Å². The first kappa shape index (κ1) is 12.7. The number of hydrogen-bond acceptors (Lipinski definition) is 2. The Bertz CT molecular complexity index is 488. The number of rotatable bonds is 6. The molecule has 0 atom stereocenters. The molecule has 0 aliphatic heterocycles. The van der Waals surface area contributed by atoms with Crippen LogP contribution in [0.15, 0.2) is 36.7 Å². The zero-order valence-corrected chi connectivity index (χ0v) is 11.2. The van der Waals surface area contributed by atoms with E-state index in [9.17, 15) is 0 Å². The van der Waals surface area contributed by atoms with Crippen LogP contribution in [-0.4, -0.2) is 16.1 Å². The number of hydrogen-bond donors (Lipinski definition) is 1. The van der Waals surface area contributed by atoms with Gasteiger partial charge in [0.05, 0.1) is 0 Å². The lowest BCUT2D eigenvalue weighted by Gasteiger charge is -2.09. The molecule has 3 nitrogen and oxygen atoms in total. The number of imidazole rings is 1. The molecule has 1 N–H and O–H groups in total. The van der Waals surface area contributed by atoms with Gasteiger partial charge in [0.15, 0.2) is 0 Å². The van der Waals surface area contributed by atoms with Crippen LogP contribution in [0.3, 0.4) is 0 Å². The molecule has 0 fully saturated rings. The molecule has 0 saturated carbocycles. The minimum atomic E-state index is 0.921. The predicted molar refractivity (Wildman–Crippen MR) is 75.9 cm³/mol. The van der Waals surface area contributed by atoms with E-state index in [1.54, 1.807) is 0 Å². The molecule has 0 radical (unpaired) electrons. The van der Waals surface area contributed by atoms with Gasteiger partial charge >= 0.3 is 0 Å². The summed E-state index contributed by atoms with van der Waals surface area (Å²) in [5, 5.41) is 3.40. The van der Waals surface area contributed by atoms with Crippen molar-refractivity contribution in [2.24, 2.45) is 0 Å². The molecule has 0 saturated heterocycles. The quantitative estimate of drug-likeness (QED) is 0.844. The molecule has 0 aliphatic rings. The SMILES string of the molecule is CCCn1ccnc1NCCc1cccc(C)c1. The molecule has 18 heavy (non-hydrogen) atoms. The summed E-state index contributed by atoms with van der Waals surface area (Å²) in [5.74, 6) is 0.976. The Morgan fingerprint density at radius 3 is 3.00 bits per heavy atom. The molecule has 0 unspecified atom stereocenters. The predicted octanol–water partition coefficient (Wildman–Crippen LogP) is 3.26. The Kier molecular flexibility index (Phi) is 4.40. The van der Waals surface area contributed by atoms with Gasteiger partial charge in [0.25, 0.3) is 0 Å². The zero-order chi connectivity index (χ0) is 12.8. The molecular weight excluding hydrogens is 222 g/mol. The zero-order valence-electron chi connectivity index (χ0n) is 11.2. The third-order valence-electron chi connectivity index (χ3n) is 2.96. The summed E-state index contributed by atoms with van der Waals surface area (Å²) in [6, 6.07) is 8.65. The van der Waals surface area contributed by atoms with Crippen molar-refractivity contribution in [1.82, 2.24) is 9.55 Å². The first-order valence-corrected chi connectivity index (χ1v) is 6.60. The minimum Gasteiger partial charge on any atom is -0.355 e.